The molecule has 1 unspecified atom stereocenters. The Balaban J connectivity index is 1.75. The number of benzene rings is 2. The summed E-state index contributed by atoms with van der Waals surface area (Å²) in [5, 5.41) is 0. The Hall–Kier alpha value is -2.22. The van der Waals surface area contributed by atoms with E-state index in [0.29, 0.717) is 6.42 Å². The van der Waals surface area contributed by atoms with E-state index in [2.05, 4.69) is 4.72 Å². The van der Waals surface area contributed by atoms with Gasteiger partial charge in [0.1, 0.15) is 0 Å². The maximum absolute atomic E-state index is 11.9. The molecule has 1 saturated heterocycles. The fourth-order valence-electron chi connectivity index (χ4n) is 2.86. The Morgan fingerprint density at radius 2 is 1.71 bits per heavy atom. The summed E-state index contributed by atoms with van der Waals surface area (Å²) in [6.45, 7) is -0.0296. The second-order valence-electron chi connectivity index (χ2n) is 5.79. The number of hydrogen-bond donors (Lipinski definition) is 2. The van der Waals surface area contributed by atoms with Crippen LogP contribution in [0.5, 0.6) is 0 Å². The maximum atomic E-state index is 11.9. The van der Waals surface area contributed by atoms with E-state index in [1.165, 1.54) is 0 Å². The van der Waals surface area contributed by atoms with Gasteiger partial charge >= 0.3 is 0 Å². The molecule has 0 bridgehead atoms. The Kier molecular flexibility index (Phi) is 4.66. The van der Waals surface area contributed by atoms with E-state index in [1.807, 2.05) is 54.6 Å². The highest BCUT2D eigenvalue weighted by atomic mass is 32.2. The van der Waals surface area contributed by atoms with Crippen LogP contribution >= 0.6 is 0 Å². The molecule has 1 atom stereocenters. The molecule has 1 aliphatic heterocycles. The minimum absolute atomic E-state index is 0.274. The maximum Gasteiger partial charge on any atom is 0.280 e. The number of nitrogens with two attached hydrogens (primary N) is 1. The Labute approximate surface area is 141 Å². The SMILES string of the molecule is NC(=O)CN1C(Cc2ccc(-c3ccccc3)cc2)CNS1(=O)=O. The van der Waals surface area contributed by atoms with E-state index >= 15 is 0 Å². The van der Waals surface area contributed by atoms with Gasteiger partial charge in [-0.25, -0.2) is 4.72 Å². The summed E-state index contributed by atoms with van der Waals surface area (Å²) < 4.78 is 27.5. The first-order valence-electron chi connectivity index (χ1n) is 7.65. The van der Waals surface area contributed by atoms with Crippen molar-refractivity contribution >= 4 is 16.1 Å². The predicted octanol–water partition coefficient (Wildman–Crippen LogP) is 0.900. The minimum Gasteiger partial charge on any atom is -0.369 e. The average Bonchev–Trinajstić information content (AvgIpc) is 2.84. The normalized spacial score (nSPS) is 20.1. The van der Waals surface area contributed by atoms with Crippen molar-refractivity contribution in [1.29, 1.82) is 0 Å². The van der Waals surface area contributed by atoms with Gasteiger partial charge in [0.25, 0.3) is 10.2 Å². The van der Waals surface area contributed by atoms with Gasteiger partial charge in [0.15, 0.2) is 0 Å². The first kappa shape index (κ1) is 16.6. The van der Waals surface area contributed by atoms with Crippen molar-refractivity contribution in [3.8, 4) is 11.1 Å². The van der Waals surface area contributed by atoms with Crippen LogP contribution in [0, 0.1) is 0 Å². The van der Waals surface area contributed by atoms with Gasteiger partial charge in [-0.3, -0.25) is 4.79 Å². The number of carbonyl (C=O) groups is 1. The van der Waals surface area contributed by atoms with Gasteiger partial charge in [-0.1, -0.05) is 54.6 Å². The van der Waals surface area contributed by atoms with E-state index in [9.17, 15) is 13.2 Å². The van der Waals surface area contributed by atoms with Crippen LogP contribution < -0.4 is 10.5 Å². The predicted molar refractivity (Wildman–Crippen MR) is 92.2 cm³/mol. The second-order valence-corrected chi connectivity index (χ2v) is 7.49. The molecule has 0 saturated carbocycles. The molecule has 3 N–H and O–H groups in total. The summed E-state index contributed by atoms with van der Waals surface area (Å²) >= 11 is 0. The van der Waals surface area contributed by atoms with Crippen LogP contribution in [0.4, 0.5) is 0 Å². The molecule has 0 spiro atoms. The summed E-state index contributed by atoms with van der Waals surface area (Å²) in [7, 11) is -3.62. The van der Waals surface area contributed by atoms with Crippen LogP contribution in [0.3, 0.4) is 0 Å². The van der Waals surface area contributed by atoms with Gasteiger partial charge in [-0.05, 0) is 23.1 Å². The number of nitrogens with one attached hydrogen (secondary N) is 1. The average molecular weight is 345 g/mol. The number of rotatable bonds is 5. The molecule has 1 heterocycles. The highest BCUT2D eigenvalue weighted by molar-refractivity contribution is 7.87. The molecule has 0 radical (unpaired) electrons. The van der Waals surface area contributed by atoms with Crippen molar-refractivity contribution in [3.05, 3.63) is 60.2 Å². The van der Waals surface area contributed by atoms with Crippen LogP contribution in [0.15, 0.2) is 54.6 Å². The Morgan fingerprint density at radius 3 is 2.33 bits per heavy atom. The molecule has 6 nitrogen and oxygen atoms in total. The molecule has 0 aromatic heterocycles. The lowest BCUT2D eigenvalue weighted by molar-refractivity contribution is -0.118. The van der Waals surface area contributed by atoms with Crippen molar-refractivity contribution in [3.63, 3.8) is 0 Å². The molecule has 3 rings (SSSR count). The zero-order valence-corrected chi connectivity index (χ0v) is 13.9. The smallest absolute Gasteiger partial charge is 0.280 e. The summed E-state index contributed by atoms with van der Waals surface area (Å²) in [6, 6.07) is 17.7. The number of carbonyl (C=O) groups excluding carboxylic acids is 1. The van der Waals surface area contributed by atoms with Crippen molar-refractivity contribution < 1.29 is 13.2 Å². The van der Waals surface area contributed by atoms with Crippen LogP contribution in [0.1, 0.15) is 5.56 Å². The molecular weight excluding hydrogens is 326 g/mol. The van der Waals surface area contributed by atoms with Gasteiger partial charge in [0, 0.05) is 12.6 Å². The van der Waals surface area contributed by atoms with Crippen molar-refractivity contribution in [2.75, 3.05) is 13.1 Å². The Bertz CT molecular complexity index is 820. The second kappa shape index (κ2) is 6.72. The molecule has 24 heavy (non-hydrogen) atoms. The highest BCUT2D eigenvalue weighted by Crippen LogP contribution is 2.22. The summed E-state index contributed by atoms with van der Waals surface area (Å²) in [4.78, 5) is 11.1. The first-order valence-corrected chi connectivity index (χ1v) is 9.09. The van der Waals surface area contributed by atoms with Crippen molar-refractivity contribution in [2.24, 2.45) is 5.73 Å². The number of nitrogens with zero attached hydrogens (tertiary/aromatic N) is 1. The molecule has 1 amide bonds. The van der Waals surface area contributed by atoms with E-state index in [1.54, 1.807) is 0 Å². The van der Waals surface area contributed by atoms with Crippen LogP contribution in [0.2, 0.25) is 0 Å². The molecule has 2 aromatic carbocycles. The van der Waals surface area contributed by atoms with E-state index in [4.69, 9.17) is 5.73 Å². The molecule has 7 heteroatoms. The largest absolute Gasteiger partial charge is 0.369 e. The standard InChI is InChI=1S/C17H19N3O3S/c18-17(21)12-20-16(11-19-24(20,22)23)10-13-6-8-15(9-7-13)14-4-2-1-3-5-14/h1-9,16,19H,10-12H2,(H2,18,21). The molecule has 1 aliphatic rings. The van der Waals surface area contributed by atoms with Gasteiger partial charge in [-0.2, -0.15) is 12.7 Å². The number of primary amides is 1. The van der Waals surface area contributed by atoms with E-state index < -0.39 is 16.1 Å². The van der Waals surface area contributed by atoms with Gasteiger partial charge in [0.2, 0.25) is 5.91 Å². The number of hydrogen-bond acceptors (Lipinski definition) is 3. The lowest BCUT2D eigenvalue weighted by Crippen LogP contribution is -2.42. The Morgan fingerprint density at radius 1 is 1.08 bits per heavy atom. The molecule has 2 aromatic rings. The van der Waals surface area contributed by atoms with Crippen LogP contribution in [-0.2, 0) is 21.4 Å². The zero-order valence-electron chi connectivity index (χ0n) is 13.1. The van der Waals surface area contributed by atoms with Crippen molar-refractivity contribution in [2.45, 2.75) is 12.5 Å². The third-order valence-electron chi connectivity index (χ3n) is 4.06. The van der Waals surface area contributed by atoms with Gasteiger partial charge < -0.3 is 5.73 Å². The number of amides is 1. The summed E-state index contributed by atoms with van der Waals surface area (Å²) in [5.41, 5.74) is 8.40. The van der Waals surface area contributed by atoms with Crippen LogP contribution in [0.25, 0.3) is 11.1 Å². The zero-order chi connectivity index (χ0) is 17.2. The third-order valence-corrected chi connectivity index (χ3v) is 5.64. The fourth-order valence-corrected chi connectivity index (χ4v) is 4.27. The lowest BCUT2D eigenvalue weighted by atomic mass is 10.0. The first-order chi connectivity index (χ1) is 11.5. The molecular formula is C17H19N3O3S. The molecule has 1 fully saturated rings. The molecule has 0 aliphatic carbocycles. The van der Waals surface area contributed by atoms with Crippen molar-refractivity contribution in [1.82, 2.24) is 9.03 Å². The van der Waals surface area contributed by atoms with E-state index in [0.717, 1.165) is 21.0 Å². The topological polar surface area (TPSA) is 92.5 Å². The minimum atomic E-state index is -3.62. The van der Waals surface area contributed by atoms with Gasteiger partial charge in [0.05, 0.1) is 6.54 Å². The quantitative estimate of drug-likeness (QED) is 0.843. The third kappa shape index (κ3) is 3.64. The van der Waals surface area contributed by atoms with E-state index in [-0.39, 0.29) is 19.1 Å². The molecule has 126 valence electrons. The lowest BCUT2D eigenvalue weighted by Gasteiger charge is -2.20. The fraction of sp³-hybridized carbons (Fsp3) is 0.235. The monoisotopic (exact) mass is 345 g/mol. The van der Waals surface area contributed by atoms with Crippen LogP contribution in [-0.4, -0.2) is 37.8 Å². The summed E-state index contributed by atoms with van der Waals surface area (Å²) in [6.07, 6.45) is 0.522. The highest BCUT2D eigenvalue weighted by Gasteiger charge is 2.37. The van der Waals surface area contributed by atoms with Gasteiger partial charge in [-0.15, -0.1) is 0 Å². The summed E-state index contributed by atoms with van der Waals surface area (Å²) in [5.74, 6) is -0.660.